The summed E-state index contributed by atoms with van der Waals surface area (Å²) in [7, 11) is 0. The first kappa shape index (κ1) is 16.6. The molecular weight excluding hydrogens is 304 g/mol. The Morgan fingerprint density at radius 2 is 1.96 bits per heavy atom. The standard InChI is InChI=1S/C19H24N2O3/c1-2-18(22)21-11-9-15(10-12-21)19(23)20-16-8-7-14-5-3-4-6-17(14)24-13-16/h2-6,15-16H,1,7-13H2,(H,20,23). The zero-order valence-corrected chi connectivity index (χ0v) is 13.9. The van der Waals surface area contributed by atoms with Gasteiger partial charge in [-0.3, -0.25) is 9.59 Å². The van der Waals surface area contributed by atoms with Gasteiger partial charge in [-0.25, -0.2) is 0 Å². The number of hydrogen-bond acceptors (Lipinski definition) is 3. The number of benzene rings is 1. The predicted octanol–water partition coefficient (Wildman–Crippen LogP) is 1.92. The summed E-state index contributed by atoms with van der Waals surface area (Å²) in [6.07, 6.45) is 4.54. The summed E-state index contributed by atoms with van der Waals surface area (Å²) >= 11 is 0. The molecule has 0 saturated carbocycles. The number of fused-ring (bicyclic) bond motifs is 1. The molecule has 1 fully saturated rings. The summed E-state index contributed by atoms with van der Waals surface area (Å²) in [5.74, 6) is 0.930. The quantitative estimate of drug-likeness (QED) is 0.863. The Hall–Kier alpha value is -2.30. The Bertz CT molecular complexity index is 594. The van der Waals surface area contributed by atoms with Crippen LogP contribution in [0.25, 0.3) is 0 Å². The van der Waals surface area contributed by atoms with Crippen LogP contribution in [0.5, 0.6) is 5.75 Å². The number of piperidine rings is 1. The van der Waals surface area contributed by atoms with Gasteiger partial charge in [0.25, 0.3) is 0 Å². The molecule has 1 aromatic rings. The van der Waals surface area contributed by atoms with Gasteiger partial charge in [0.05, 0.1) is 6.04 Å². The fraction of sp³-hybridized carbons (Fsp3) is 0.474. The van der Waals surface area contributed by atoms with Crippen LogP contribution in [0.15, 0.2) is 36.9 Å². The van der Waals surface area contributed by atoms with Crippen molar-refractivity contribution >= 4 is 11.8 Å². The van der Waals surface area contributed by atoms with Crippen molar-refractivity contribution in [2.45, 2.75) is 31.7 Å². The summed E-state index contributed by atoms with van der Waals surface area (Å²) in [6.45, 7) is 5.26. The molecule has 2 heterocycles. The first-order chi connectivity index (χ1) is 11.7. The second-order valence-electron chi connectivity index (χ2n) is 6.47. The molecule has 0 aromatic heterocycles. The van der Waals surface area contributed by atoms with E-state index in [-0.39, 0.29) is 23.8 Å². The molecular formula is C19H24N2O3. The Morgan fingerprint density at radius 3 is 2.71 bits per heavy atom. The molecule has 128 valence electrons. The average Bonchev–Trinajstić information content (AvgIpc) is 2.84. The first-order valence-electron chi connectivity index (χ1n) is 8.60. The molecule has 2 aliphatic rings. The number of hydrogen-bond donors (Lipinski definition) is 1. The van der Waals surface area contributed by atoms with E-state index < -0.39 is 0 Å². The van der Waals surface area contributed by atoms with Crippen molar-refractivity contribution in [1.82, 2.24) is 10.2 Å². The van der Waals surface area contributed by atoms with E-state index in [0.717, 1.165) is 18.6 Å². The topological polar surface area (TPSA) is 58.6 Å². The third-order valence-corrected chi connectivity index (χ3v) is 4.87. The molecule has 5 nitrogen and oxygen atoms in total. The van der Waals surface area contributed by atoms with Gasteiger partial charge in [0.2, 0.25) is 11.8 Å². The number of para-hydroxylation sites is 1. The van der Waals surface area contributed by atoms with E-state index in [1.807, 2.05) is 18.2 Å². The van der Waals surface area contributed by atoms with Gasteiger partial charge >= 0.3 is 0 Å². The molecule has 1 saturated heterocycles. The predicted molar refractivity (Wildman–Crippen MR) is 91.7 cm³/mol. The summed E-state index contributed by atoms with van der Waals surface area (Å²) in [6, 6.07) is 8.07. The van der Waals surface area contributed by atoms with E-state index in [0.29, 0.717) is 32.5 Å². The van der Waals surface area contributed by atoms with Gasteiger partial charge in [-0.05, 0) is 43.4 Å². The van der Waals surface area contributed by atoms with Crippen LogP contribution in [0.1, 0.15) is 24.8 Å². The van der Waals surface area contributed by atoms with Crippen molar-refractivity contribution in [3.8, 4) is 5.75 Å². The fourth-order valence-electron chi connectivity index (χ4n) is 3.38. The highest BCUT2D eigenvalue weighted by Crippen LogP contribution is 2.24. The van der Waals surface area contributed by atoms with Gasteiger partial charge in [0.1, 0.15) is 12.4 Å². The summed E-state index contributed by atoms with van der Waals surface area (Å²) in [4.78, 5) is 25.9. The zero-order chi connectivity index (χ0) is 16.9. The van der Waals surface area contributed by atoms with Crippen LogP contribution in [0, 0.1) is 5.92 Å². The lowest BCUT2D eigenvalue weighted by molar-refractivity contribution is -0.132. The summed E-state index contributed by atoms with van der Waals surface area (Å²) in [5.41, 5.74) is 1.20. The van der Waals surface area contributed by atoms with Gasteiger partial charge in [-0.15, -0.1) is 0 Å². The average molecular weight is 328 g/mol. The molecule has 0 radical (unpaired) electrons. The molecule has 5 heteroatoms. The lowest BCUT2D eigenvalue weighted by Gasteiger charge is -2.31. The van der Waals surface area contributed by atoms with Gasteiger partial charge in [-0.2, -0.15) is 0 Å². The van der Waals surface area contributed by atoms with Crippen molar-refractivity contribution in [1.29, 1.82) is 0 Å². The number of nitrogens with one attached hydrogen (secondary N) is 1. The highest BCUT2D eigenvalue weighted by molar-refractivity contribution is 5.87. The molecule has 3 rings (SSSR count). The van der Waals surface area contributed by atoms with Crippen LogP contribution in [0.2, 0.25) is 0 Å². The van der Waals surface area contributed by atoms with Gasteiger partial charge in [0.15, 0.2) is 0 Å². The molecule has 2 amide bonds. The molecule has 1 unspecified atom stereocenters. The maximum absolute atomic E-state index is 12.5. The Balaban J connectivity index is 1.49. The second kappa shape index (κ2) is 7.51. The normalized spacial score (nSPS) is 21.2. The minimum atomic E-state index is -0.0520. The van der Waals surface area contributed by atoms with Crippen molar-refractivity contribution in [3.63, 3.8) is 0 Å². The third kappa shape index (κ3) is 3.78. The molecule has 0 aliphatic carbocycles. The smallest absolute Gasteiger partial charge is 0.245 e. The molecule has 1 N–H and O–H groups in total. The van der Waals surface area contributed by atoms with Gasteiger partial charge < -0.3 is 15.0 Å². The molecule has 0 spiro atoms. The maximum atomic E-state index is 12.5. The molecule has 2 aliphatic heterocycles. The van der Waals surface area contributed by atoms with Crippen molar-refractivity contribution in [3.05, 3.63) is 42.5 Å². The lowest BCUT2D eigenvalue weighted by atomic mass is 9.95. The maximum Gasteiger partial charge on any atom is 0.245 e. The summed E-state index contributed by atoms with van der Waals surface area (Å²) in [5, 5.41) is 3.13. The number of carbonyl (C=O) groups is 2. The van der Waals surface area contributed by atoms with Crippen molar-refractivity contribution < 1.29 is 14.3 Å². The van der Waals surface area contributed by atoms with Gasteiger partial charge in [0, 0.05) is 19.0 Å². The fourth-order valence-corrected chi connectivity index (χ4v) is 3.38. The van der Waals surface area contributed by atoms with Crippen LogP contribution in [-0.4, -0.2) is 42.5 Å². The number of rotatable bonds is 3. The Morgan fingerprint density at radius 1 is 1.21 bits per heavy atom. The van der Waals surface area contributed by atoms with E-state index >= 15 is 0 Å². The van der Waals surface area contributed by atoms with E-state index in [1.54, 1.807) is 4.90 Å². The number of aryl methyl sites for hydroxylation is 1. The largest absolute Gasteiger partial charge is 0.491 e. The van der Waals surface area contributed by atoms with Crippen LogP contribution in [-0.2, 0) is 16.0 Å². The first-order valence-corrected chi connectivity index (χ1v) is 8.60. The number of nitrogens with zero attached hydrogens (tertiary/aromatic N) is 1. The van der Waals surface area contributed by atoms with E-state index in [1.165, 1.54) is 11.6 Å². The molecule has 1 atom stereocenters. The monoisotopic (exact) mass is 328 g/mol. The Kier molecular flexibility index (Phi) is 5.18. The molecule has 0 bridgehead atoms. The van der Waals surface area contributed by atoms with Gasteiger partial charge in [-0.1, -0.05) is 24.8 Å². The molecule has 24 heavy (non-hydrogen) atoms. The zero-order valence-electron chi connectivity index (χ0n) is 13.9. The number of ether oxygens (including phenoxy) is 1. The van der Waals surface area contributed by atoms with E-state index in [4.69, 9.17) is 4.74 Å². The SMILES string of the molecule is C=CC(=O)N1CCC(C(=O)NC2CCc3ccccc3OC2)CC1. The highest BCUT2D eigenvalue weighted by Gasteiger charge is 2.28. The van der Waals surface area contributed by atoms with Crippen LogP contribution < -0.4 is 10.1 Å². The van der Waals surface area contributed by atoms with E-state index in [2.05, 4.69) is 18.0 Å². The van der Waals surface area contributed by atoms with Crippen LogP contribution >= 0.6 is 0 Å². The molecule has 1 aromatic carbocycles. The van der Waals surface area contributed by atoms with Crippen LogP contribution in [0.3, 0.4) is 0 Å². The minimum Gasteiger partial charge on any atom is -0.491 e. The number of likely N-dealkylation sites (tertiary alicyclic amines) is 1. The minimum absolute atomic E-state index is 0.0236. The van der Waals surface area contributed by atoms with Crippen LogP contribution in [0.4, 0.5) is 0 Å². The number of amides is 2. The summed E-state index contributed by atoms with van der Waals surface area (Å²) < 4.78 is 5.83. The second-order valence-corrected chi connectivity index (χ2v) is 6.47. The third-order valence-electron chi connectivity index (χ3n) is 4.87. The lowest BCUT2D eigenvalue weighted by Crippen LogP contribution is -2.46. The Labute approximate surface area is 142 Å². The van der Waals surface area contributed by atoms with E-state index in [9.17, 15) is 9.59 Å². The van der Waals surface area contributed by atoms with Crippen molar-refractivity contribution in [2.75, 3.05) is 19.7 Å². The highest BCUT2D eigenvalue weighted by atomic mass is 16.5. The van der Waals surface area contributed by atoms with Crippen molar-refractivity contribution in [2.24, 2.45) is 5.92 Å². The number of carbonyl (C=O) groups excluding carboxylic acids is 2.